The SMILES string of the molecule is Cc1cc(C)c2c(c1)[Si](C)(C)c1cc(C)cc(C)c1N2B1c2ccccc2N2c3ccccc3C(C)(C)c3cccc1c32. The number of hydrogen-bond acceptors (Lipinski definition) is 2. The molecule has 3 aliphatic rings. The van der Waals surface area contributed by atoms with Gasteiger partial charge in [-0.05, 0) is 83.4 Å². The Morgan fingerprint density at radius 1 is 0.581 bits per heavy atom. The summed E-state index contributed by atoms with van der Waals surface area (Å²) in [6.45, 7) is 19.1. The first-order valence-electron chi connectivity index (χ1n) is 15.7. The third-order valence-corrected chi connectivity index (χ3v) is 14.0. The Morgan fingerprint density at radius 3 is 1.77 bits per heavy atom. The molecule has 0 atom stereocenters. The predicted octanol–water partition coefficient (Wildman–Crippen LogP) is 7.42. The van der Waals surface area contributed by atoms with Crippen molar-refractivity contribution in [2.24, 2.45) is 0 Å². The average molecular weight is 575 g/mol. The van der Waals surface area contributed by atoms with E-state index in [0.29, 0.717) is 0 Å². The van der Waals surface area contributed by atoms with Crippen LogP contribution < -0.4 is 31.0 Å². The first kappa shape index (κ1) is 26.6. The lowest BCUT2D eigenvalue weighted by molar-refractivity contribution is 0.632. The first-order valence-corrected chi connectivity index (χ1v) is 18.7. The van der Waals surface area contributed by atoms with Gasteiger partial charge in [-0.1, -0.05) is 117 Å². The molecule has 2 nitrogen and oxygen atoms in total. The summed E-state index contributed by atoms with van der Waals surface area (Å²) in [4.78, 5) is 5.32. The average Bonchev–Trinajstić information content (AvgIpc) is 2.96. The minimum absolute atomic E-state index is 0.0499. The van der Waals surface area contributed by atoms with Gasteiger partial charge in [0.25, 0.3) is 0 Å². The fourth-order valence-electron chi connectivity index (χ4n) is 8.64. The standard InChI is InChI=1S/C39H39BN2Si/c1-24-20-26(3)36-34(22-24)43(7,8)35-23-25(2)21-27(4)37(35)42(36)40-30-16-10-12-19-33(30)41-32-18-11-9-14-28(32)39(5,6)29-15-13-17-31(40)38(29)41/h9-23H,1-8H3. The number of fused-ring (bicyclic) bond motifs is 6. The Bertz CT molecular complexity index is 1940. The number of anilines is 5. The lowest BCUT2D eigenvalue weighted by Gasteiger charge is -2.51. The van der Waals surface area contributed by atoms with Crippen LogP contribution in [0.4, 0.5) is 28.4 Å². The lowest BCUT2D eigenvalue weighted by atomic mass is 9.45. The molecule has 0 aromatic heterocycles. The summed E-state index contributed by atoms with van der Waals surface area (Å²) < 4.78 is 0. The van der Waals surface area contributed by atoms with E-state index in [1.54, 1.807) is 10.4 Å². The fourth-order valence-corrected chi connectivity index (χ4v) is 11.9. The molecule has 0 bridgehead atoms. The molecule has 5 aromatic rings. The summed E-state index contributed by atoms with van der Waals surface area (Å²) in [6, 6.07) is 35.0. The molecule has 5 aromatic carbocycles. The maximum absolute atomic E-state index is 2.76. The van der Waals surface area contributed by atoms with Crippen LogP contribution in [-0.2, 0) is 5.41 Å². The lowest BCUT2D eigenvalue weighted by Crippen LogP contribution is -2.67. The summed E-state index contributed by atoms with van der Waals surface area (Å²) in [5.41, 5.74) is 17.7. The zero-order valence-electron chi connectivity index (χ0n) is 26.6. The van der Waals surface area contributed by atoms with Gasteiger partial charge in [0.05, 0.1) is 5.69 Å². The van der Waals surface area contributed by atoms with Gasteiger partial charge < -0.3 is 9.71 Å². The van der Waals surface area contributed by atoms with Gasteiger partial charge in [0.1, 0.15) is 8.07 Å². The Kier molecular flexibility index (Phi) is 5.42. The van der Waals surface area contributed by atoms with Gasteiger partial charge in [-0.15, -0.1) is 0 Å². The van der Waals surface area contributed by atoms with Crippen LogP contribution in [0.25, 0.3) is 0 Å². The third-order valence-electron chi connectivity index (χ3n) is 10.5. The number of nitrogens with zero attached hydrogens (tertiary/aromatic N) is 2. The Labute approximate surface area is 258 Å². The van der Waals surface area contributed by atoms with Crippen LogP contribution in [-0.4, -0.2) is 14.9 Å². The highest BCUT2D eigenvalue weighted by Crippen LogP contribution is 2.52. The van der Waals surface area contributed by atoms with Gasteiger partial charge in [-0.25, -0.2) is 0 Å². The smallest absolute Gasteiger partial charge is 0.332 e. The Morgan fingerprint density at radius 2 is 1.12 bits per heavy atom. The van der Waals surface area contributed by atoms with Crippen LogP contribution in [0.2, 0.25) is 13.1 Å². The van der Waals surface area contributed by atoms with Gasteiger partial charge >= 0.3 is 6.85 Å². The molecule has 43 heavy (non-hydrogen) atoms. The molecule has 0 saturated heterocycles. The second kappa shape index (κ2) is 8.77. The molecule has 8 rings (SSSR count). The molecule has 3 aliphatic heterocycles. The zero-order valence-corrected chi connectivity index (χ0v) is 27.6. The van der Waals surface area contributed by atoms with Gasteiger partial charge in [0.2, 0.25) is 0 Å². The monoisotopic (exact) mass is 574 g/mol. The first-order chi connectivity index (χ1) is 20.5. The van der Waals surface area contributed by atoms with Crippen molar-refractivity contribution in [3.63, 3.8) is 0 Å². The number of benzene rings is 5. The van der Waals surface area contributed by atoms with Crippen molar-refractivity contribution in [1.82, 2.24) is 0 Å². The maximum Gasteiger partial charge on any atom is 0.332 e. The van der Waals surface area contributed by atoms with Crippen molar-refractivity contribution >= 4 is 64.7 Å². The molecule has 212 valence electrons. The molecule has 0 N–H and O–H groups in total. The molecule has 0 amide bonds. The zero-order chi connectivity index (χ0) is 30.0. The predicted molar refractivity (Wildman–Crippen MR) is 189 cm³/mol. The second-order valence-electron chi connectivity index (χ2n) is 14.1. The molecule has 0 aliphatic carbocycles. The molecule has 0 spiro atoms. The number of hydrogen-bond donors (Lipinski definition) is 0. The molecule has 0 radical (unpaired) electrons. The van der Waals surface area contributed by atoms with E-state index < -0.39 is 8.07 Å². The quantitative estimate of drug-likeness (QED) is 0.192. The highest BCUT2D eigenvalue weighted by atomic mass is 28.3. The maximum atomic E-state index is 2.76. The van der Waals surface area contributed by atoms with E-state index in [4.69, 9.17) is 0 Å². The number of aryl methyl sites for hydroxylation is 4. The molecule has 0 unspecified atom stereocenters. The topological polar surface area (TPSA) is 6.48 Å². The van der Waals surface area contributed by atoms with Crippen LogP contribution >= 0.6 is 0 Å². The minimum Gasteiger partial charge on any atom is -0.377 e. The van der Waals surface area contributed by atoms with Crippen LogP contribution in [0.1, 0.15) is 47.2 Å². The van der Waals surface area contributed by atoms with Crippen molar-refractivity contribution in [1.29, 1.82) is 0 Å². The largest absolute Gasteiger partial charge is 0.377 e. The second-order valence-corrected chi connectivity index (χ2v) is 18.5. The van der Waals surface area contributed by atoms with Gasteiger partial charge in [-0.2, -0.15) is 0 Å². The summed E-state index contributed by atoms with van der Waals surface area (Å²) in [5.74, 6) is 0. The van der Waals surface area contributed by atoms with Crippen molar-refractivity contribution in [3.05, 3.63) is 124 Å². The van der Waals surface area contributed by atoms with E-state index in [1.807, 2.05) is 0 Å². The van der Waals surface area contributed by atoms with Crippen molar-refractivity contribution in [3.8, 4) is 0 Å². The van der Waals surface area contributed by atoms with E-state index in [-0.39, 0.29) is 12.3 Å². The normalized spacial score (nSPS) is 16.6. The minimum atomic E-state index is -1.99. The molecule has 3 heterocycles. The summed E-state index contributed by atoms with van der Waals surface area (Å²) in [7, 11) is -1.99. The van der Waals surface area contributed by atoms with E-state index in [9.17, 15) is 0 Å². The van der Waals surface area contributed by atoms with Crippen LogP contribution in [0.3, 0.4) is 0 Å². The van der Waals surface area contributed by atoms with E-state index in [0.717, 1.165) is 0 Å². The van der Waals surface area contributed by atoms with Gasteiger partial charge in [-0.3, -0.25) is 0 Å². The molecule has 0 fully saturated rings. The van der Waals surface area contributed by atoms with E-state index >= 15 is 0 Å². The summed E-state index contributed by atoms with van der Waals surface area (Å²) >= 11 is 0. The van der Waals surface area contributed by atoms with Crippen molar-refractivity contribution < 1.29 is 0 Å². The van der Waals surface area contributed by atoms with E-state index in [2.05, 4.69) is 155 Å². The van der Waals surface area contributed by atoms with E-state index in [1.165, 1.54) is 72.7 Å². The van der Waals surface area contributed by atoms with Crippen LogP contribution in [0.15, 0.2) is 91.0 Å². The Balaban J connectivity index is 1.51. The van der Waals surface area contributed by atoms with Crippen molar-refractivity contribution in [2.45, 2.75) is 60.1 Å². The molecule has 0 saturated carbocycles. The highest BCUT2D eigenvalue weighted by molar-refractivity contribution is 7.04. The highest BCUT2D eigenvalue weighted by Gasteiger charge is 2.49. The van der Waals surface area contributed by atoms with Gasteiger partial charge in [0.15, 0.2) is 0 Å². The summed E-state index contributed by atoms with van der Waals surface area (Å²) in [5, 5.41) is 3.11. The Hall–Kier alpha value is -4.02. The summed E-state index contributed by atoms with van der Waals surface area (Å²) in [6.07, 6.45) is 0. The van der Waals surface area contributed by atoms with Crippen LogP contribution in [0.5, 0.6) is 0 Å². The number of para-hydroxylation sites is 3. The van der Waals surface area contributed by atoms with Crippen molar-refractivity contribution in [2.75, 3.05) is 9.71 Å². The number of rotatable bonds is 1. The van der Waals surface area contributed by atoms with Crippen LogP contribution in [0, 0.1) is 27.7 Å². The fraction of sp³-hybridized carbons (Fsp3) is 0.231. The molecule has 4 heteroatoms. The van der Waals surface area contributed by atoms with Gasteiger partial charge in [0, 0.05) is 28.2 Å². The molecular formula is C39H39BN2Si. The third kappa shape index (κ3) is 3.42. The molecular weight excluding hydrogens is 535 g/mol.